The van der Waals surface area contributed by atoms with Crippen LogP contribution in [0.2, 0.25) is 0 Å². The monoisotopic (exact) mass is 333 g/mol. The van der Waals surface area contributed by atoms with E-state index >= 15 is 0 Å². The second-order valence-corrected chi connectivity index (χ2v) is 7.37. The summed E-state index contributed by atoms with van der Waals surface area (Å²) in [6, 6.07) is 19.0. The first-order chi connectivity index (χ1) is 11.8. The zero-order valence-electron chi connectivity index (χ0n) is 13.5. The highest BCUT2D eigenvalue weighted by Crippen LogP contribution is 2.36. The van der Waals surface area contributed by atoms with Crippen LogP contribution in [0.15, 0.2) is 48.5 Å². The molecule has 1 atom stereocenters. The average Bonchev–Trinajstić information content (AvgIpc) is 3.07. The van der Waals surface area contributed by atoms with Crippen LogP contribution in [-0.2, 0) is 6.54 Å². The normalized spacial score (nSPS) is 18.5. The molecule has 1 aliphatic rings. The van der Waals surface area contributed by atoms with Crippen molar-refractivity contribution in [2.75, 3.05) is 6.54 Å². The van der Waals surface area contributed by atoms with Gasteiger partial charge in [0.2, 0.25) is 0 Å². The van der Waals surface area contributed by atoms with Gasteiger partial charge < -0.3 is 0 Å². The molecule has 0 unspecified atom stereocenters. The molecule has 4 heteroatoms. The van der Waals surface area contributed by atoms with Crippen molar-refractivity contribution in [3.63, 3.8) is 0 Å². The maximum atomic E-state index is 8.94. The van der Waals surface area contributed by atoms with Gasteiger partial charge >= 0.3 is 0 Å². The second-order valence-electron chi connectivity index (χ2n) is 6.31. The van der Waals surface area contributed by atoms with E-state index in [1.807, 2.05) is 23.5 Å². The van der Waals surface area contributed by atoms with Crippen molar-refractivity contribution >= 4 is 21.6 Å². The first-order valence-electron chi connectivity index (χ1n) is 8.42. The lowest BCUT2D eigenvalue weighted by Crippen LogP contribution is -2.32. The van der Waals surface area contributed by atoms with Crippen molar-refractivity contribution in [2.24, 2.45) is 0 Å². The van der Waals surface area contributed by atoms with Crippen LogP contribution in [-0.4, -0.2) is 16.4 Å². The molecule has 0 saturated carbocycles. The number of hydrogen-bond donors (Lipinski definition) is 0. The average molecular weight is 333 g/mol. The summed E-state index contributed by atoms with van der Waals surface area (Å²) in [5.74, 6) is 0. The fourth-order valence-electron chi connectivity index (χ4n) is 3.41. The first kappa shape index (κ1) is 15.3. The Labute approximate surface area is 146 Å². The number of nitriles is 1. The highest BCUT2D eigenvalue weighted by atomic mass is 32.1. The highest BCUT2D eigenvalue weighted by Gasteiger charge is 2.26. The topological polar surface area (TPSA) is 39.9 Å². The molecule has 2 aromatic carbocycles. The molecule has 1 aliphatic heterocycles. The minimum Gasteiger partial charge on any atom is -0.290 e. The Morgan fingerprint density at radius 1 is 1.12 bits per heavy atom. The minimum atomic E-state index is 0.409. The summed E-state index contributed by atoms with van der Waals surface area (Å²) < 4.78 is 1.27. The number of piperidine rings is 1. The molecular weight excluding hydrogens is 314 g/mol. The van der Waals surface area contributed by atoms with Gasteiger partial charge in [0.05, 0.1) is 27.9 Å². The van der Waals surface area contributed by atoms with E-state index in [-0.39, 0.29) is 0 Å². The standard InChI is InChI=1S/C20H19N3S/c21-13-15-8-10-16(11-9-15)14-23-12-4-3-6-18(23)20-22-17-5-1-2-7-19(17)24-20/h1-2,5,7-11,18H,3-4,6,12,14H2/t18-/m0/s1. The zero-order chi connectivity index (χ0) is 16.4. The van der Waals surface area contributed by atoms with E-state index in [4.69, 9.17) is 10.2 Å². The Hall–Kier alpha value is -2.22. The minimum absolute atomic E-state index is 0.409. The molecule has 0 N–H and O–H groups in total. The van der Waals surface area contributed by atoms with Gasteiger partial charge in [0.1, 0.15) is 5.01 Å². The van der Waals surface area contributed by atoms with Crippen molar-refractivity contribution in [2.45, 2.75) is 31.8 Å². The molecule has 0 amide bonds. The molecule has 0 aliphatic carbocycles. The third-order valence-corrected chi connectivity index (χ3v) is 5.82. The fourth-order valence-corrected chi connectivity index (χ4v) is 4.55. The molecule has 1 aromatic heterocycles. The zero-order valence-corrected chi connectivity index (χ0v) is 14.3. The Morgan fingerprint density at radius 3 is 2.75 bits per heavy atom. The van der Waals surface area contributed by atoms with Gasteiger partial charge in [-0.05, 0) is 49.2 Å². The lowest BCUT2D eigenvalue weighted by molar-refractivity contribution is 0.140. The number of aromatic nitrogens is 1. The van der Waals surface area contributed by atoms with Gasteiger partial charge in [0.15, 0.2) is 0 Å². The lowest BCUT2D eigenvalue weighted by atomic mass is 10.0. The third kappa shape index (κ3) is 3.06. The molecule has 3 nitrogen and oxygen atoms in total. The summed E-state index contributed by atoms with van der Waals surface area (Å²) in [4.78, 5) is 7.43. The predicted octanol–water partition coefficient (Wildman–Crippen LogP) is 4.90. The number of benzene rings is 2. The van der Waals surface area contributed by atoms with E-state index in [1.165, 1.54) is 34.5 Å². The molecule has 1 saturated heterocycles. The Morgan fingerprint density at radius 2 is 1.96 bits per heavy atom. The highest BCUT2D eigenvalue weighted by molar-refractivity contribution is 7.18. The van der Waals surface area contributed by atoms with Crippen LogP contribution in [0.1, 0.15) is 41.4 Å². The molecule has 0 bridgehead atoms. The summed E-state index contributed by atoms with van der Waals surface area (Å²) in [6.07, 6.45) is 3.69. The van der Waals surface area contributed by atoms with E-state index in [2.05, 4.69) is 47.4 Å². The van der Waals surface area contributed by atoms with Crippen LogP contribution >= 0.6 is 11.3 Å². The van der Waals surface area contributed by atoms with Crippen molar-refractivity contribution in [1.82, 2.24) is 9.88 Å². The van der Waals surface area contributed by atoms with E-state index in [0.717, 1.165) is 24.2 Å². The molecule has 1 fully saturated rings. The summed E-state index contributed by atoms with van der Waals surface area (Å²) in [5.41, 5.74) is 3.10. The van der Waals surface area contributed by atoms with Crippen LogP contribution in [0.3, 0.4) is 0 Å². The summed E-state index contributed by atoms with van der Waals surface area (Å²) >= 11 is 1.83. The van der Waals surface area contributed by atoms with Crippen LogP contribution in [0.4, 0.5) is 0 Å². The maximum absolute atomic E-state index is 8.94. The van der Waals surface area contributed by atoms with Gasteiger partial charge in [-0.15, -0.1) is 11.3 Å². The number of nitrogens with zero attached hydrogens (tertiary/aromatic N) is 3. The number of para-hydroxylation sites is 1. The van der Waals surface area contributed by atoms with E-state index in [9.17, 15) is 0 Å². The van der Waals surface area contributed by atoms with Crippen molar-refractivity contribution in [3.05, 3.63) is 64.7 Å². The Kier molecular flexibility index (Phi) is 4.29. The van der Waals surface area contributed by atoms with E-state index in [1.54, 1.807) is 0 Å². The fraction of sp³-hybridized carbons (Fsp3) is 0.300. The molecule has 0 radical (unpaired) electrons. The molecule has 0 spiro atoms. The van der Waals surface area contributed by atoms with Gasteiger partial charge in [-0.25, -0.2) is 4.98 Å². The van der Waals surface area contributed by atoms with Gasteiger partial charge in [0, 0.05) is 6.54 Å². The predicted molar refractivity (Wildman–Crippen MR) is 97.8 cm³/mol. The Bertz CT molecular complexity index is 843. The lowest BCUT2D eigenvalue weighted by Gasteiger charge is -2.34. The van der Waals surface area contributed by atoms with Crippen LogP contribution in [0.5, 0.6) is 0 Å². The van der Waals surface area contributed by atoms with Gasteiger partial charge in [-0.3, -0.25) is 4.90 Å². The quantitative estimate of drug-likeness (QED) is 0.685. The van der Waals surface area contributed by atoms with Crippen LogP contribution in [0.25, 0.3) is 10.2 Å². The summed E-state index contributed by atoms with van der Waals surface area (Å²) in [6.45, 7) is 2.03. The third-order valence-electron chi connectivity index (χ3n) is 4.68. The van der Waals surface area contributed by atoms with Crippen molar-refractivity contribution in [1.29, 1.82) is 5.26 Å². The Balaban J connectivity index is 1.59. The van der Waals surface area contributed by atoms with Gasteiger partial charge in [-0.2, -0.15) is 5.26 Å². The molecule has 3 aromatic rings. The van der Waals surface area contributed by atoms with Crippen LogP contribution < -0.4 is 0 Å². The van der Waals surface area contributed by atoms with Crippen LogP contribution in [0, 0.1) is 11.3 Å². The number of hydrogen-bond acceptors (Lipinski definition) is 4. The summed E-state index contributed by atoms with van der Waals surface area (Å²) in [5, 5.41) is 10.2. The van der Waals surface area contributed by atoms with Crippen molar-refractivity contribution in [3.8, 4) is 6.07 Å². The molecule has 2 heterocycles. The number of thiazole rings is 1. The molecular formula is C20H19N3S. The number of likely N-dealkylation sites (tertiary alicyclic amines) is 1. The van der Waals surface area contributed by atoms with E-state index < -0.39 is 0 Å². The SMILES string of the molecule is N#Cc1ccc(CN2CCCC[C@H]2c2nc3ccccc3s2)cc1. The molecule has 4 rings (SSSR count). The number of rotatable bonds is 3. The van der Waals surface area contributed by atoms with Gasteiger partial charge in [-0.1, -0.05) is 30.7 Å². The molecule has 24 heavy (non-hydrogen) atoms. The van der Waals surface area contributed by atoms with E-state index in [0.29, 0.717) is 6.04 Å². The van der Waals surface area contributed by atoms with Gasteiger partial charge in [0.25, 0.3) is 0 Å². The first-order valence-corrected chi connectivity index (χ1v) is 9.24. The summed E-state index contributed by atoms with van der Waals surface area (Å²) in [7, 11) is 0. The second kappa shape index (κ2) is 6.72. The maximum Gasteiger partial charge on any atom is 0.111 e. The van der Waals surface area contributed by atoms with Crippen molar-refractivity contribution < 1.29 is 0 Å². The molecule has 120 valence electrons. The number of fused-ring (bicyclic) bond motifs is 1. The largest absolute Gasteiger partial charge is 0.290 e. The smallest absolute Gasteiger partial charge is 0.111 e.